The first-order valence-electron chi connectivity index (χ1n) is 7.39. The van der Waals surface area contributed by atoms with Gasteiger partial charge in [-0.05, 0) is 23.8 Å². The Morgan fingerprint density at radius 3 is 2.54 bits per heavy atom. The zero-order chi connectivity index (χ0) is 17.3. The fraction of sp³-hybridized carbons (Fsp3) is 0.167. The molecular weight excluding hydrogens is 324 g/mol. The normalized spacial score (nSPS) is 15.8. The number of thiocarbonyl (C=S) groups is 1. The average molecular weight is 340 g/mol. The molecule has 0 spiro atoms. The zero-order valence-corrected chi connectivity index (χ0v) is 14.1. The van der Waals surface area contributed by atoms with Gasteiger partial charge in [0.15, 0.2) is 0 Å². The first kappa shape index (κ1) is 16.1. The molecule has 2 aromatic rings. The van der Waals surface area contributed by atoms with Crippen LogP contribution in [0.5, 0.6) is 0 Å². The number of amides is 1. The number of esters is 1. The first-order valence-corrected chi connectivity index (χ1v) is 7.80. The van der Waals surface area contributed by atoms with Crippen molar-refractivity contribution in [3.63, 3.8) is 0 Å². The minimum Gasteiger partial charge on any atom is -0.465 e. The van der Waals surface area contributed by atoms with Crippen molar-refractivity contribution < 1.29 is 14.3 Å². The molecule has 1 aliphatic rings. The van der Waals surface area contributed by atoms with Gasteiger partial charge in [-0.3, -0.25) is 4.79 Å². The van der Waals surface area contributed by atoms with Gasteiger partial charge in [-0.15, -0.1) is 0 Å². The van der Waals surface area contributed by atoms with Gasteiger partial charge in [0.25, 0.3) is 0 Å². The van der Waals surface area contributed by atoms with E-state index in [2.05, 4.69) is 5.32 Å². The van der Waals surface area contributed by atoms with Gasteiger partial charge < -0.3 is 15.0 Å². The predicted molar refractivity (Wildman–Crippen MR) is 96.6 cm³/mol. The summed E-state index contributed by atoms with van der Waals surface area (Å²) in [4.78, 5) is 27.0. The highest BCUT2D eigenvalue weighted by atomic mass is 32.1. The van der Waals surface area contributed by atoms with Crippen LogP contribution in [0.15, 0.2) is 48.5 Å². The van der Waals surface area contributed by atoms with Gasteiger partial charge in [-0.2, -0.15) is 0 Å². The molecule has 0 radical (unpaired) electrons. The molecule has 1 N–H and O–H groups in total. The molecular formula is C18H16N2O3S. The van der Waals surface area contributed by atoms with E-state index in [9.17, 15) is 9.59 Å². The second-order valence-electron chi connectivity index (χ2n) is 5.42. The summed E-state index contributed by atoms with van der Waals surface area (Å²) in [5.74, 6) is -1.34. The maximum atomic E-state index is 12.8. The number of ether oxygens (including phenoxy) is 1. The second-order valence-corrected chi connectivity index (χ2v) is 5.83. The molecule has 1 heterocycles. The van der Waals surface area contributed by atoms with E-state index in [0.717, 1.165) is 11.3 Å². The van der Waals surface area contributed by atoms with Crippen molar-refractivity contribution in [2.24, 2.45) is 0 Å². The van der Waals surface area contributed by atoms with Crippen LogP contribution in [0.1, 0.15) is 21.8 Å². The molecule has 5 nitrogen and oxygen atoms in total. The molecule has 1 amide bonds. The number of methoxy groups -OCH3 is 1. The Morgan fingerprint density at radius 2 is 1.79 bits per heavy atom. The highest BCUT2D eigenvalue weighted by molar-refractivity contribution is 7.80. The van der Waals surface area contributed by atoms with Crippen LogP contribution in [0.3, 0.4) is 0 Å². The Labute approximate surface area is 145 Å². The van der Waals surface area contributed by atoms with E-state index < -0.39 is 11.9 Å². The molecule has 0 saturated heterocycles. The molecule has 0 aromatic heterocycles. The molecule has 2 aromatic carbocycles. The molecule has 1 aliphatic heterocycles. The summed E-state index contributed by atoms with van der Waals surface area (Å²) in [6.45, 7) is 0. The Morgan fingerprint density at radius 1 is 1.12 bits per heavy atom. The van der Waals surface area contributed by atoms with E-state index in [-0.39, 0.29) is 5.91 Å². The highest BCUT2D eigenvalue weighted by Crippen LogP contribution is 2.37. The van der Waals surface area contributed by atoms with Gasteiger partial charge in [0.1, 0.15) is 5.92 Å². The highest BCUT2D eigenvalue weighted by Gasteiger charge is 2.37. The van der Waals surface area contributed by atoms with Crippen molar-refractivity contribution >= 4 is 40.5 Å². The largest absolute Gasteiger partial charge is 0.465 e. The number of nitrogens with zero attached hydrogens (tertiary/aromatic N) is 1. The van der Waals surface area contributed by atoms with Crippen molar-refractivity contribution in [2.75, 3.05) is 24.4 Å². The van der Waals surface area contributed by atoms with Crippen LogP contribution >= 0.6 is 12.2 Å². The lowest BCUT2D eigenvalue weighted by atomic mass is 10.00. The standard InChI is InChI=1S/C18H16N2O3S/c1-20-14-10-6-4-8-12(14)15(17(20)24)16(21)19-13-9-5-3-7-11(13)18(22)23-2/h3-10,15H,1-2H3,(H,19,21). The summed E-state index contributed by atoms with van der Waals surface area (Å²) in [6.07, 6.45) is 0. The number of nitrogens with one attached hydrogen (secondary N) is 1. The average Bonchev–Trinajstić information content (AvgIpc) is 2.86. The number of para-hydroxylation sites is 2. The van der Waals surface area contributed by atoms with Crippen LogP contribution in [-0.2, 0) is 9.53 Å². The van der Waals surface area contributed by atoms with Gasteiger partial charge in [0.05, 0.1) is 23.3 Å². The number of fused-ring (bicyclic) bond motifs is 1. The molecule has 0 bridgehead atoms. The van der Waals surface area contributed by atoms with Crippen molar-refractivity contribution in [1.82, 2.24) is 0 Å². The van der Waals surface area contributed by atoms with E-state index in [1.807, 2.05) is 36.2 Å². The number of benzene rings is 2. The number of likely N-dealkylation sites (N-methyl/N-ethyl adjacent to an activating group) is 1. The number of carbonyl (C=O) groups is 2. The maximum Gasteiger partial charge on any atom is 0.339 e. The van der Waals surface area contributed by atoms with Crippen molar-refractivity contribution in [3.8, 4) is 0 Å². The van der Waals surface area contributed by atoms with Crippen LogP contribution in [0.2, 0.25) is 0 Å². The number of carbonyl (C=O) groups excluding carboxylic acids is 2. The van der Waals surface area contributed by atoms with Crippen molar-refractivity contribution in [2.45, 2.75) is 5.92 Å². The lowest BCUT2D eigenvalue weighted by molar-refractivity contribution is -0.116. The summed E-state index contributed by atoms with van der Waals surface area (Å²) in [7, 11) is 3.15. The third-order valence-corrected chi connectivity index (χ3v) is 4.55. The summed E-state index contributed by atoms with van der Waals surface area (Å²) in [5.41, 5.74) is 2.49. The minimum atomic E-state index is -0.563. The van der Waals surface area contributed by atoms with Crippen LogP contribution in [0, 0.1) is 0 Å². The Bertz CT molecular complexity index is 835. The molecule has 122 valence electrons. The van der Waals surface area contributed by atoms with Gasteiger partial charge >= 0.3 is 5.97 Å². The maximum absolute atomic E-state index is 12.8. The van der Waals surface area contributed by atoms with Crippen molar-refractivity contribution in [3.05, 3.63) is 59.7 Å². The van der Waals surface area contributed by atoms with Gasteiger partial charge in [-0.1, -0.05) is 42.5 Å². The third kappa shape index (κ3) is 2.65. The van der Waals surface area contributed by atoms with Gasteiger partial charge in [0, 0.05) is 12.7 Å². The smallest absolute Gasteiger partial charge is 0.339 e. The summed E-state index contributed by atoms with van der Waals surface area (Å²) < 4.78 is 4.75. The summed E-state index contributed by atoms with van der Waals surface area (Å²) in [6, 6.07) is 14.3. The number of anilines is 2. The molecule has 0 aliphatic carbocycles. The van der Waals surface area contributed by atoms with Crippen LogP contribution in [-0.4, -0.2) is 31.0 Å². The summed E-state index contributed by atoms with van der Waals surface area (Å²) in [5, 5.41) is 2.81. The Hall–Kier alpha value is -2.73. The topological polar surface area (TPSA) is 58.6 Å². The molecule has 1 atom stereocenters. The molecule has 24 heavy (non-hydrogen) atoms. The molecule has 0 saturated carbocycles. The fourth-order valence-electron chi connectivity index (χ4n) is 2.82. The predicted octanol–water partition coefficient (Wildman–Crippen LogP) is 2.97. The van der Waals surface area contributed by atoms with Crippen molar-refractivity contribution in [1.29, 1.82) is 0 Å². The van der Waals surface area contributed by atoms with E-state index >= 15 is 0 Å². The number of hydrogen-bond donors (Lipinski definition) is 1. The Kier molecular flexibility index (Phi) is 4.31. The molecule has 3 rings (SSSR count). The molecule has 6 heteroatoms. The van der Waals surface area contributed by atoms with Crippen LogP contribution < -0.4 is 10.2 Å². The van der Waals surface area contributed by atoms with E-state index in [4.69, 9.17) is 17.0 Å². The third-order valence-electron chi connectivity index (χ3n) is 4.04. The van der Waals surface area contributed by atoms with Gasteiger partial charge in [0.2, 0.25) is 5.91 Å². The molecule has 0 fully saturated rings. The van der Waals surface area contributed by atoms with Gasteiger partial charge in [-0.25, -0.2) is 4.79 Å². The minimum absolute atomic E-state index is 0.270. The van der Waals surface area contributed by atoms with Crippen LogP contribution in [0.25, 0.3) is 0 Å². The molecule has 1 unspecified atom stereocenters. The second kappa shape index (κ2) is 6.41. The SMILES string of the molecule is COC(=O)c1ccccc1NC(=O)C1C(=S)N(C)c2ccccc21. The lowest BCUT2D eigenvalue weighted by Crippen LogP contribution is -2.30. The zero-order valence-electron chi connectivity index (χ0n) is 13.3. The van der Waals surface area contributed by atoms with E-state index in [1.165, 1.54) is 7.11 Å². The monoisotopic (exact) mass is 340 g/mol. The Balaban J connectivity index is 1.92. The summed E-state index contributed by atoms with van der Waals surface area (Å²) >= 11 is 5.44. The first-order chi connectivity index (χ1) is 11.5. The number of rotatable bonds is 3. The lowest BCUT2D eigenvalue weighted by Gasteiger charge is -2.15. The van der Waals surface area contributed by atoms with E-state index in [1.54, 1.807) is 24.3 Å². The quantitative estimate of drug-likeness (QED) is 0.688. The fourth-order valence-corrected chi connectivity index (χ4v) is 3.15. The van der Waals surface area contributed by atoms with Crippen LogP contribution in [0.4, 0.5) is 11.4 Å². The number of hydrogen-bond acceptors (Lipinski definition) is 4. The van der Waals surface area contributed by atoms with E-state index in [0.29, 0.717) is 16.2 Å².